The first kappa shape index (κ1) is 17.3. The molecule has 124 valence electrons. The van der Waals surface area contributed by atoms with Gasteiger partial charge in [0.25, 0.3) is 0 Å². The molecule has 0 bridgehead atoms. The lowest BCUT2D eigenvalue weighted by Crippen LogP contribution is -2.12. The van der Waals surface area contributed by atoms with E-state index in [1.165, 1.54) is 30.3 Å². The van der Waals surface area contributed by atoms with Gasteiger partial charge in [-0.2, -0.15) is 13.2 Å². The number of benzene rings is 2. The van der Waals surface area contributed by atoms with Crippen LogP contribution in [-0.4, -0.2) is 14.7 Å². The molecule has 0 saturated heterocycles. The Balaban J connectivity index is 2.29. The Bertz CT molecular complexity index is 814. The van der Waals surface area contributed by atoms with E-state index < -0.39 is 21.6 Å². The van der Waals surface area contributed by atoms with E-state index in [2.05, 4.69) is 5.32 Å². The molecule has 2 aromatic rings. The summed E-state index contributed by atoms with van der Waals surface area (Å²) >= 11 is 0. The van der Waals surface area contributed by atoms with Crippen molar-refractivity contribution < 1.29 is 21.6 Å². The first-order valence-corrected chi connectivity index (χ1v) is 8.68. The van der Waals surface area contributed by atoms with Crippen LogP contribution >= 0.6 is 0 Å². The molecule has 0 aliphatic rings. The summed E-state index contributed by atoms with van der Waals surface area (Å²) in [5.41, 5.74) is 0.639. The molecular formula is C16H16F3NO2S. The normalized spacial score (nSPS) is 12.2. The van der Waals surface area contributed by atoms with Crippen molar-refractivity contribution in [1.29, 1.82) is 0 Å². The standard InChI is InChI=1S/C16H16F3NO2S/c1-11-7-8-13(23(2,21)22)9-15(11)20-10-12-5-3-4-6-14(12)16(17,18)19/h3-9,20H,10H2,1-2H3. The van der Waals surface area contributed by atoms with Gasteiger partial charge in [0.05, 0.1) is 10.5 Å². The van der Waals surface area contributed by atoms with Gasteiger partial charge < -0.3 is 5.32 Å². The van der Waals surface area contributed by atoms with E-state index in [0.717, 1.165) is 17.9 Å². The number of anilines is 1. The van der Waals surface area contributed by atoms with Crippen LogP contribution in [0.15, 0.2) is 47.4 Å². The Hall–Kier alpha value is -2.02. The van der Waals surface area contributed by atoms with Crippen LogP contribution in [-0.2, 0) is 22.6 Å². The molecule has 0 aliphatic heterocycles. The fourth-order valence-electron chi connectivity index (χ4n) is 2.16. The smallest absolute Gasteiger partial charge is 0.381 e. The van der Waals surface area contributed by atoms with Gasteiger partial charge in [0, 0.05) is 18.5 Å². The molecule has 0 spiro atoms. The molecule has 3 nitrogen and oxygen atoms in total. The highest BCUT2D eigenvalue weighted by Gasteiger charge is 2.32. The van der Waals surface area contributed by atoms with Gasteiger partial charge in [-0.1, -0.05) is 24.3 Å². The lowest BCUT2D eigenvalue weighted by molar-refractivity contribution is -0.138. The molecule has 0 atom stereocenters. The molecule has 0 amide bonds. The molecule has 0 unspecified atom stereocenters. The highest BCUT2D eigenvalue weighted by atomic mass is 32.2. The molecule has 0 aromatic heterocycles. The second-order valence-electron chi connectivity index (χ2n) is 5.26. The number of hydrogen-bond donors (Lipinski definition) is 1. The lowest BCUT2D eigenvalue weighted by atomic mass is 10.1. The SMILES string of the molecule is Cc1ccc(S(C)(=O)=O)cc1NCc1ccccc1C(F)(F)F. The van der Waals surface area contributed by atoms with Crippen molar-refractivity contribution in [3.63, 3.8) is 0 Å². The van der Waals surface area contributed by atoms with Gasteiger partial charge in [0.1, 0.15) is 0 Å². The van der Waals surface area contributed by atoms with Crippen LogP contribution in [0, 0.1) is 6.92 Å². The Labute approximate surface area is 133 Å². The zero-order valence-electron chi connectivity index (χ0n) is 12.6. The fourth-order valence-corrected chi connectivity index (χ4v) is 2.81. The van der Waals surface area contributed by atoms with Crippen molar-refractivity contribution in [2.75, 3.05) is 11.6 Å². The van der Waals surface area contributed by atoms with Gasteiger partial charge >= 0.3 is 6.18 Å². The average molecular weight is 343 g/mol. The fraction of sp³-hybridized carbons (Fsp3) is 0.250. The summed E-state index contributed by atoms with van der Waals surface area (Å²) in [7, 11) is -3.38. The third kappa shape index (κ3) is 4.25. The Morgan fingerprint density at radius 1 is 1.09 bits per heavy atom. The van der Waals surface area contributed by atoms with Crippen molar-refractivity contribution in [2.45, 2.75) is 24.5 Å². The highest BCUT2D eigenvalue weighted by Crippen LogP contribution is 2.32. The third-order valence-corrected chi connectivity index (χ3v) is 4.54. The van der Waals surface area contributed by atoms with E-state index in [0.29, 0.717) is 5.69 Å². The van der Waals surface area contributed by atoms with Crippen LogP contribution in [0.3, 0.4) is 0 Å². The first-order chi connectivity index (χ1) is 10.6. The highest BCUT2D eigenvalue weighted by molar-refractivity contribution is 7.90. The van der Waals surface area contributed by atoms with E-state index in [9.17, 15) is 21.6 Å². The Morgan fingerprint density at radius 2 is 1.74 bits per heavy atom. The van der Waals surface area contributed by atoms with Crippen molar-refractivity contribution >= 4 is 15.5 Å². The summed E-state index contributed by atoms with van der Waals surface area (Å²) in [6, 6.07) is 9.81. The summed E-state index contributed by atoms with van der Waals surface area (Å²) in [6.07, 6.45) is -3.34. The summed E-state index contributed by atoms with van der Waals surface area (Å²) in [5, 5.41) is 2.89. The number of nitrogens with one attached hydrogen (secondary N) is 1. The zero-order chi connectivity index (χ0) is 17.3. The maximum absolute atomic E-state index is 13.0. The van der Waals surface area contributed by atoms with Crippen molar-refractivity contribution in [3.8, 4) is 0 Å². The predicted octanol–water partition coefficient (Wildman–Crippen LogP) is 4.03. The zero-order valence-corrected chi connectivity index (χ0v) is 13.4. The molecule has 0 radical (unpaired) electrons. The van der Waals surface area contributed by atoms with Crippen LogP contribution in [0.1, 0.15) is 16.7 Å². The number of aryl methyl sites for hydroxylation is 1. The minimum atomic E-state index is -4.43. The number of hydrogen-bond acceptors (Lipinski definition) is 3. The summed E-state index contributed by atoms with van der Waals surface area (Å²) < 4.78 is 62.1. The van der Waals surface area contributed by atoms with Crippen LogP contribution in [0.25, 0.3) is 0 Å². The van der Waals surface area contributed by atoms with Crippen molar-refractivity contribution in [1.82, 2.24) is 0 Å². The van der Waals surface area contributed by atoms with Gasteiger partial charge in [0.15, 0.2) is 9.84 Å². The van der Waals surface area contributed by atoms with Crippen LogP contribution in [0.5, 0.6) is 0 Å². The van der Waals surface area contributed by atoms with Gasteiger partial charge in [-0.05, 0) is 36.2 Å². The molecule has 7 heteroatoms. The summed E-state index contributed by atoms with van der Waals surface area (Å²) in [5.74, 6) is 0. The van der Waals surface area contributed by atoms with Crippen LogP contribution in [0.4, 0.5) is 18.9 Å². The number of rotatable bonds is 4. The summed E-state index contributed by atoms with van der Waals surface area (Å²) in [6.45, 7) is 1.70. The van der Waals surface area contributed by atoms with E-state index >= 15 is 0 Å². The quantitative estimate of drug-likeness (QED) is 0.912. The van der Waals surface area contributed by atoms with Gasteiger partial charge in [-0.25, -0.2) is 8.42 Å². The Morgan fingerprint density at radius 3 is 2.35 bits per heavy atom. The number of sulfone groups is 1. The maximum atomic E-state index is 13.0. The van der Waals surface area contributed by atoms with E-state index in [4.69, 9.17) is 0 Å². The molecule has 0 heterocycles. The predicted molar refractivity (Wildman–Crippen MR) is 83.1 cm³/mol. The largest absolute Gasteiger partial charge is 0.416 e. The summed E-state index contributed by atoms with van der Waals surface area (Å²) in [4.78, 5) is 0.120. The van der Waals surface area contributed by atoms with E-state index in [-0.39, 0.29) is 17.0 Å². The molecule has 2 rings (SSSR count). The van der Waals surface area contributed by atoms with E-state index in [1.54, 1.807) is 13.0 Å². The molecular weight excluding hydrogens is 327 g/mol. The van der Waals surface area contributed by atoms with Crippen LogP contribution in [0.2, 0.25) is 0 Å². The topological polar surface area (TPSA) is 46.2 Å². The van der Waals surface area contributed by atoms with E-state index in [1.807, 2.05) is 0 Å². The molecule has 0 fully saturated rings. The minimum Gasteiger partial charge on any atom is -0.381 e. The minimum absolute atomic E-state index is 0.0518. The monoisotopic (exact) mass is 343 g/mol. The Kier molecular flexibility index (Phi) is 4.70. The molecule has 0 saturated carbocycles. The second kappa shape index (κ2) is 6.23. The molecule has 2 aromatic carbocycles. The molecule has 0 aliphatic carbocycles. The molecule has 23 heavy (non-hydrogen) atoms. The van der Waals surface area contributed by atoms with Crippen molar-refractivity contribution in [3.05, 3.63) is 59.2 Å². The first-order valence-electron chi connectivity index (χ1n) is 6.79. The average Bonchev–Trinajstić information content (AvgIpc) is 2.44. The maximum Gasteiger partial charge on any atom is 0.416 e. The van der Waals surface area contributed by atoms with Crippen LogP contribution < -0.4 is 5.32 Å². The third-order valence-electron chi connectivity index (χ3n) is 3.43. The van der Waals surface area contributed by atoms with Gasteiger partial charge in [-0.15, -0.1) is 0 Å². The molecule has 1 N–H and O–H groups in total. The van der Waals surface area contributed by atoms with Gasteiger partial charge in [-0.3, -0.25) is 0 Å². The van der Waals surface area contributed by atoms with Gasteiger partial charge in [0.2, 0.25) is 0 Å². The second-order valence-corrected chi connectivity index (χ2v) is 7.27. The number of alkyl halides is 3. The lowest BCUT2D eigenvalue weighted by Gasteiger charge is -2.15. The van der Waals surface area contributed by atoms with Crippen molar-refractivity contribution in [2.24, 2.45) is 0 Å². The number of halogens is 3.